The van der Waals surface area contributed by atoms with Crippen molar-refractivity contribution in [3.05, 3.63) is 212 Å². The van der Waals surface area contributed by atoms with Gasteiger partial charge >= 0.3 is 0 Å². The molecule has 1 aliphatic heterocycles. The van der Waals surface area contributed by atoms with E-state index in [0.717, 1.165) is 22.5 Å². The Kier molecular flexibility index (Phi) is 8.70. The number of pyridine rings is 1. The summed E-state index contributed by atoms with van der Waals surface area (Å²) in [6.45, 7) is 5.02. The average Bonchev–Trinajstić information content (AvgIpc) is 3.53. The van der Waals surface area contributed by atoms with Crippen LogP contribution in [0.15, 0.2) is 212 Å². The predicted octanol–water partition coefficient (Wildman–Crippen LogP) is 13.6. The molecule has 8 aromatic carbocycles. The van der Waals surface area contributed by atoms with Gasteiger partial charge in [-0.15, -0.1) is 0 Å². The molecule has 0 radical (unpaired) electrons. The molecule has 1 nitrogen and oxygen atoms in total. The molecular formula is C55H41NSi. The van der Waals surface area contributed by atoms with Gasteiger partial charge in [-0.2, -0.15) is 0 Å². The molecule has 2 heteroatoms. The molecule has 0 unspecified atom stereocenters. The van der Waals surface area contributed by atoms with E-state index in [1.54, 1.807) is 0 Å². The Morgan fingerprint density at radius 1 is 0.281 bits per heavy atom. The lowest BCUT2D eigenvalue weighted by molar-refractivity contribution is 1.32. The number of fused-ring (bicyclic) bond motifs is 3. The van der Waals surface area contributed by atoms with Gasteiger partial charge in [-0.05, 0) is 126 Å². The van der Waals surface area contributed by atoms with Gasteiger partial charge in [-0.25, -0.2) is 4.98 Å². The first-order chi connectivity index (χ1) is 28.0. The Morgan fingerprint density at radius 3 is 1.07 bits per heavy atom. The Bertz CT molecular complexity index is 2640. The summed E-state index contributed by atoms with van der Waals surface area (Å²) in [6, 6.07) is 77.3. The summed E-state index contributed by atoms with van der Waals surface area (Å²) in [4.78, 5) is 5.62. The van der Waals surface area contributed by atoms with E-state index in [4.69, 9.17) is 4.98 Å². The van der Waals surface area contributed by atoms with E-state index in [9.17, 15) is 0 Å². The van der Waals surface area contributed by atoms with Crippen LogP contribution >= 0.6 is 0 Å². The van der Waals surface area contributed by atoms with E-state index in [-0.39, 0.29) is 0 Å². The van der Waals surface area contributed by atoms with Gasteiger partial charge < -0.3 is 0 Å². The molecule has 0 N–H and O–H groups in total. The predicted molar refractivity (Wildman–Crippen MR) is 244 cm³/mol. The van der Waals surface area contributed by atoms with Gasteiger partial charge in [0.25, 0.3) is 0 Å². The van der Waals surface area contributed by atoms with Crippen molar-refractivity contribution in [2.24, 2.45) is 0 Å². The second-order valence-electron chi connectivity index (χ2n) is 15.6. The molecular weight excluding hydrogens is 703 g/mol. The molecule has 0 bridgehead atoms. The van der Waals surface area contributed by atoms with E-state index in [1.807, 2.05) is 0 Å². The van der Waals surface area contributed by atoms with Crippen LogP contribution in [0, 0.1) is 0 Å². The lowest BCUT2D eigenvalue weighted by Gasteiger charge is -2.23. The third kappa shape index (κ3) is 6.44. The van der Waals surface area contributed by atoms with E-state index in [1.165, 1.54) is 77.1 Å². The smallest absolute Gasteiger partial charge is 0.114 e. The monoisotopic (exact) mass is 743 g/mol. The van der Waals surface area contributed by atoms with Crippen molar-refractivity contribution in [1.82, 2.24) is 4.98 Å². The molecule has 10 rings (SSSR count). The Hall–Kier alpha value is -6.87. The number of benzene rings is 8. The molecule has 9 aromatic rings. The fourth-order valence-electron chi connectivity index (χ4n) is 8.81. The van der Waals surface area contributed by atoms with Gasteiger partial charge in [0.05, 0.1) is 11.4 Å². The number of rotatable bonds is 7. The van der Waals surface area contributed by atoms with Gasteiger partial charge in [-0.3, -0.25) is 0 Å². The van der Waals surface area contributed by atoms with Crippen molar-refractivity contribution in [3.63, 3.8) is 0 Å². The average molecular weight is 744 g/mol. The van der Waals surface area contributed by atoms with E-state index in [2.05, 4.69) is 225 Å². The summed E-state index contributed by atoms with van der Waals surface area (Å²) in [6.07, 6.45) is 0. The quantitative estimate of drug-likeness (QED) is 0.148. The van der Waals surface area contributed by atoms with Crippen molar-refractivity contribution < 1.29 is 0 Å². The first-order valence-electron chi connectivity index (χ1n) is 19.8. The second kappa shape index (κ2) is 14.3. The van der Waals surface area contributed by atoms with Crippen LogP contribution in [0.4, 0.5) is 0 Å². The van der Waals surface area contributed by atoms with Crippen molar-refractivity contribution in [1.29, 1.82) is 0 Å². The highest BCUT2D eigenvalue weighted by Crippen LogP contribution is 2.40. The summed E-state index contributed by atoms with van der Waals surface area (Å²) in [5, 5.41) is 3.01. The maximum atomic E-state index is 5.62. The fraction of sp³-hybridized carbons (Fsp3) is 0.0364. The number of aromatic nitrogens is 1. The Labute approximate surface area is 336 Å². The lowest BCUT2D eigenvalue weighted by Crippen LogP contribution is -2.50. The second-order valence-corrected chi connectivity index (χ2v) is 19.9. The Morgan fingerprint density at radius 2 is 0.632 bits per heavy atom. The Balaban J connectivity index is 1.25. The zero-order valence-corrected chi connectivity index (χ0v) is 33.2. The van der Waals surface area contributed by atoms with Gasteiger partial charge in [0.15, 0.2) is 0 Å². The minimum absolute atomic E-state index is 0.955. The summed E-state index contributed by atoms with van der Waals surface area (Å²) in [5.74, 6) is 0. The van der Waals surface area contributed by atoms with E-state index >= 15 is 0 Å². The molecule has 0 spiro atoms. The third-order valence-corrected chi connectivity index (χ3v) is 15.2. The van der Waals surface area contributed by atoms with Crippen molar-refractivity contribution in [2.45, 2.75) is 13.1 Å². The number of nitrogens with zero attached hydrogens (tertiary/aromatic N) is 1. The molecule has 0 amide bonds. The van der Waals surface area contributed by atoms with Crippen LogP contribution in [0.2, 0.25) is 13.1 Å². The molecule has 0 atom stereocenters. The molecule has 0 fully saturated rings. The van der Waals surface area contributed by atoms with Crippen LogP contribution in [0.5, 0.6) is 0 Å². The normalized spacial score (nSPS) is 12.5. The summed E-state index contributed by atoms with van der Waals surface area (Å²) in [7, 11) is -2.03. The molecule has 0 saturated heterocycles. The fourth-order valence-corrected chi connectivity index (χ4v) is 12.3. The zero-order valence-electron chi connectivity index (χ0n) is 32.2. The zero-order chi connectivity index (χ0) is 38.3. The van der Waals surface area contributed by atoms with Gasteiger partial charge in [0.2, 0.25) is 0 Å². The highest BCUT2D eigenvalue weighted by Gasteiger charge is 2.39. The van der Waals surface area contributed by atoms with Gasteiger partial charge in [0.1, 0.15) is 8.07 Å². The van der Waals surface area contributed by atoms with Crippen LogP contribution in [0.25, 0.3) is 89.3 Å². The van der Waals surface area contributed by atoms with Crippen molar-refractivity contribution >= 4 is 18.4 Å². The summed E-state index contributed by atoms with van der Waals surface area (Å²) < 4.78 is 0. The highest BCUT2D eigenvalue weighted by atomic mass is 28.3. The molecule has 1 aromatic heterocycles. The van der Waals surface area contributed by atoms with Crippen molar-refractivity contribution in [2.75, 3.05) is 0 Å². The van der Waals surface area contributed by atoms with Crippen molar-refractivity contribution in [3.8, 4) is 89.3 Å². The molecule has 1 aliphatic rings. The standard InChI is InChI=1S/C55H41NSi/c1-57(2)54-29-16-15-26-50(54)51-28-17-27-49(55(51)57)46-36-52(47-32-42(38-18-7-3-8-19-38)30-43(33-47)39-20-9-4-10-21-39)56-53(37-46)48-34-44(40-22-11-5-12-23-40)31-45(35-48)41-24-13-6-14-25-41/h3-37H,1-2H3. The van der Waals surface area contributed by atoms with Gasteiger partial charge in [-0.1, -0.05) is 177 Å². The maximum Gasteiger partial charge on any atom is 0.114 e. The third-order valence-electron chi connectivity index (χ3n) is 11.6. The maximum absolute atomic E-state index is 5.62. The molecule has 0 aliphatic carbocycles. The molecule has 2 heterocycles. The minimum Gasteiger partial charge on any atom is -0.248 e. The summed E-state index contributed by atoms with van der Waals surface area (Å²) in [5.41, 5.74) is 18.7. The summed E-state index contributed by atoms with van der Waals surface area (Å²) >= 11 is 0. The van der Waals surface area contributed by atoms with E-state index < -0.39 is 8.07 Å². The highest BCUT2D eigenvalue weighted by molar-refractivity contribution is 7.04. The SMILES string of the molecule is C[Si]1(C)c2ccccc2-c2cccc(-c3cc(-c4cc(-c5ccccc5)cc(-c5ccccc5)c4)nc(-c4cc(-c5ccccc5)cc(-c5ccccc5)c4)c3)c21. The largest absolute Gasteiger partial charge is 0.248 e. The van der Waals surface area contributed by atoms with Crippen LogP contribution < -0.4 is 10.4 Å². The van der Waals surface area contributed by atoms with Crippen LogP contribution in [-0.4, -0.2) is 13.1 Å². The van der Waals surface area contributed by atoms with Gasteiger partial charge in [0, 0.05) is 11.1 Å². The number of hydrogen-bond acceptors (Lipinski definition) is 1. The molecule has 0 saturated carbocycles. The topological polar surface area (TPSA) is 12.9 Å². The van der Waals surface area contributed by atoms with E-state index in [0.29, 0.717) is 0 Å². The van der Waals surface area contributed by atoms with Crippen LogP contribution in [-0.2, 0) is 0 Å². The number of hydrogen-bond donors (Lipinski definition) is 0. The minimum atomic E-state index is -2.03. The van der Waals surface area contributed by atoms with Crippen LogP contribution in [0.3, 0.4) is 0 Å². The molecule has 57 heavy (non-hydrogen) atoms. The first-order valence-corrected chi connectivity index (χ1v) is 22.8. The van der Waals surface area contributed by atoms with Crippen LogP contribution in [0.1, 0.15) is 0 Å². The lowest BCUT2D eigenvalue weighted by atomic mass is 9.92. The first kappa shape index (κ1) is 34.6. The molecule has 270 valence electrons.